The molecule has 0 saturated heterocycles. The third-order valence-electron chi connectivity index (χ3n) is 6.60. The van der Waals surface area contributed by atoms with Crippen LogP contribution in [0.4, 0.5) is 5.69 Å². The van der Waals surface area contributed by atoms with Gasteiger partial charge in [-0.25, -0.2) is 8.42 Å². The number of benzene rings is 3. The van der Waals surface area contributed by atoms with Crippen molar-refractivity contribution in [1.82, 2.24) is 10.2 Å². The lowest BCUT2D eigenvalue weighted by Gasteiger charge is -2.34. The van der Waals surface area contributed by atoms with E-state index in [1.165, 1.54) is 23.1 Å². The van der Waals surface area contributed by atoms with Crippen LogP contribution < -0.4 is 19.1 Å². The first-order valence-corrected chi connectivity index (χ1v) is 15.7. The van der Waals surface area contributed by atoms with Crippen LogP contribution in [-0.2, 0) is 26.2 Å². The Morgan fingerprint density at radius 3 is 2.29 bits per heavy atom. The highest BCUT2D eigenvalue weighted by atomic mass is 35.5. The number of halogens is 2. The summed E-state index contributed by atoms with van der Waals surface area (Å²) in [5, 5.41) is 3.61. The van der Waals surface area contributed by atoms with Crippen molar-refractivity contribution in [3.05, 3.63) is 82.3 Å². The van der Waals surface area contributed by atoms with Gasteiger partial charge < -0.3 is 19.7 Å². The number of anilines is 1. The molecule has 0 saturated carbocycles. The monoisotopic (exact) mass is 633 g/mol. The molecule has 1 aliphatic rings. The number of hydrogen-bond acceptors (Lipinski definition) is 6. The van der Waals surface area contributed by atoms with Crippen LogP contribution in [-0.4, -0.2) is 57.0 Å². The van der Waals surface area contributed by atoms with E-state index >= 15 is 0 Å². The Morgan fingerprint density at radius 2 is 1.64 bits per heavy atom. The molecule has 0 bridgehead atoms. The van der Waals surface area contributed by atoms with Crippen LogP contribution in [0.5, 0.6) is 11.5 Å². The Hall–Kier alpha value is -3.47. The fraction of sp³-hybridized carbons (Fsp3) is 0.333. The highest BCUT2D eigenvalue weighted by Crippen LogP contribution is 2.36. The van der Waals surface area contributed by atoms with Gasteiger partial charge in [0.25, 0.3) is 10.0 Å². The minimum Gasteiger partial charge on any atom is -0.486 e. The summed E-state index contributed by atoms with van der Waals surface area (Å²) >= 11 is 12.5. The SMILES string of the molecule is CC[C@@H](C(=O)NC(C)C)N(Cc1ccc(Cl)cc1Cl)C(=O)CN(c1ccc2c(c1)OCCO2)S(=O)(=O)c1ccccc1. The Balaban J connectivity index is 1.77. The average molecular weight is 635 g/mol. The number of hydrogen-bond donors (Lipinski definition) is 1. The fourth-order valence-electron chi connectivity index (χ4n) is 4.57. The standard InChI is InChI=1S/C30H33Cl2N3O6S/c1-4-26(30(37)33-20(2)3)34(18-21-10-11-22(31)16-25(21)32)29(36)19-35(42(38,39)24-8-6-5-7-9-24)23-12-13-27-28(17-23)41-15-14-40-27/h5-13,16-17,20,26H,4,14-15,18-19H2,1-3H3,(H,33,37)/t26-/m0/s1. The number of carbonyl (C=O) groups excluding carboxylic acids is 2. The van der Waals surface area contributed by atoms with Gasteiger partial charge in [0.1, 0.15) is 25.8 Å². The molecule has 0 unspecified atom stereocenters. The fourth-order valence-corrected chi connectivity index (χ4v) is 6.46. The maximum atomic E-state index is 14.2. The van der Waals surface area contributed by atoms with Gasteiger partial charge in [-0.2, -0.15) is 0 Å². The molecule has 1 N–H and O–H groups in total. The molecule has 0 spiro atoms. The van der Waals surface area contributed by atoms with Gasteiger partial charge in [-0.3, -0.25) is 13.9 Å². The zero-order chi connectivity index (χ0) is 30.4. The van der Waals surface area contributed by atoms with Crippen molar-refractivity contribution in [2.45, 2.75) is 50.7 Å². The number of fused-ring (bicyclic) bond motifs is 1. The lowest BCUT2D eigenvalue weighted by atomic mass is 10.1. The van der Waals surface area contributed by atoms with Crippen molar-refractivity contribution in [3.63, 3.8) is 0 Å². The molecule has 224 valence electrons. The summed E-state index contributed by atoms with van der Waals surface area (Å²) in [6.45, 7) is 5.47. The van der Waals surface area contributed by atoms with Crippen molar-refractivity contribution in [2.75, 3.05) is 24.1 Å². The lowest BCUT2D eigenvalue weighted by molar-refractivity contribution is -0.140. The first-order chi connectivity index (χ1) is 20.0. The van der Waals surface area contributed by atoms with Crippen LogP contribution in [0.25, 0.3) is 0 Å². The van der Waals surface area contributed by atoms with Crippen LogP contribution >= 0.6 is 23.2 Å². The van der Waals surface area contributed by atoms with Gasteiger partial charge in [0.05, 0.1) is 10.6 Å². The van der Waals surface area contributed by atoms with Crippen molar-refractivity contribution < 1.29 is 27.5 Å². The van der Waals surface area contributed by atoms with Gasteiger partial charge in [0.2, 0.25) is 11.8 Å². The number of carbonyl (C=O) groups is 2. The van der Waals surface area contributed by atoms with Gasteiger partial charge in [-0.05, 0) is 62.2 Å². The lowest BCUT2D eigenvalue weighted by Crippen LogP contribution is -2.53. The maximum absolute atomic E-state index is 14.2. The van der Waals surface area contributed by atoms with Gasteiger partial charge in [0, 0.05) is 28.7 Å². The Bertz CT molecular complexity index is 1540. The minimum atomic E-state index is -4.22. The van der Waals surface area contributed by atoms with Crippen LogP contribution in [0.2, 0.25) is 10.0 Å². The summed E-state index contributed by atoms with van der Waals surface area (Å²) < 4.78 is 40.3. The molecule has 1 heterocycles. The predicted octanol–water partition coefficient (Wildman–Crippen LogP) is 5.29. The van der Waals surface area contributed by atoms with Crippen LogP contribution in [0, 0.1) is 0 Å². The Kier molecular flexibility index (Phi) is 10.2. The van der Waals surface area contributed by atoms with E-state index in [2.05, 4.69) is 5.32 Å². The van der Waals surface area contributed by atoms with Gasteiger partial charge in [-0.1, -0.05) is 54.4 Å². The molecule has 1 aliphatic heterocycles. The summed E-state index contributed by atoms with van der Waals surface area (Å²) in [4.78, 5) is 28.8. The Morgan fingerprint density at radius 1 is 0.952 bits per heavy atom. The van der Waals surface area contributed by atoms with Gasteiger partial charge in [-0.15, -0.1) is 0 Å². The van der Waals surface area contributed by atoms with E-state index in [1.54, 1.807) is 55.5 Å². The van der Waals surface area contributed by atoms with E-state index in [0.717, 1.165) is 4.31 Å². The quantitative estimate of drug-likeness (QED) is 0.308. The van der Waals surface area contributed by atoms with E-state index < -0.39 is 28.5 Å². The third kappa shape index (κ3) is 7.29. The predicted molar refractivity (Wildman–Crippen MR) is 163 cm³/mol. The first-order valence-electron chi connectivity index (χ1n) is 13.5. The second-order valence-electron chi connectivity index (χ2n) is 10.00. The summed E-state index contributed by atoms with van der Waals surface area (Å²) in [6, 6.07) is 16.3. The number of amides is 2. The summed E-state index contributed by atoms with van der Waals surface area (Å²) in [6.07, 6.45) is 0.283. The maximum Gasteiger partial charge on any atom is 0.264 e. The van der Waals surface area contributed by atoms with Crippen LogP contribution in [0.3, 0.4) is 0 Å². The highest BCUT2D eigenvalue weighted by Gasteiger charge is 2.34. The molecule has 42 heavy (non-hydrogen) atoms. The molecule has 9 nitrogen and oxygen atoms in total. The highest BCUT2D eigenvalue weighted by molar-refractivity contribution is 7.92. The Labute approximate surface area is 256 Å². The first kappa shape index (κ1) is 31.5. The molecule has 0 fully saturated rings. The van der Waals surface area contributed by atoms with E-state index in [9.17, 15) is 18.0 Å². The van der Waals surface area contributed by atoms with Gasteiger partial charge >= 0.3 is 0 Å². The third-order valence-corrected chi connectivity index (χ3v) is 8.97. The molecule has 3 aromatic rings. The van der Waals surface area contributed by atoms with Crippen molar-refractivity contribution >= 4 is 50.7 Å². The van der Waals surface area contributed by atoms with Crippen molar-refractivity contribution in [1.29, 1.82) is 0 Å². The molecular formula is C30H33Cl2N3O6S. The topological polar surface area (TPSA) is 105 Å². The molecule has 0 aromatic heterocycles. The molecule has 0 aliphatic carbocycles. The normalized spacial score (nSPS) is 13.4. The summed E-state index contributed by atoms with van der Waals surface area (Å²) in [5.41, 5.74) is 0.766. The zero-order valence-electron chi connectivity index (χ0n) is 23.5. The van der Waals surface area contributed by atoms with Crippen molar-refractivity contribution in [3.8, 4) is 11.5 Å². The molecule has 3 aromatic carbocycles. The number of sulfonamides is 1. The molecule has 0 radical (unpaired) electrons. The minimum absolute atomic E-state index is 0.00424. The van der Waals surface area contributed by atoms with Crippen LogP contribution in [0.15, 0.2) is 71.6 Å². The second kappa shape index (κ2) is 13.7. The molecule has 2 amide bonds. The zero-order valence-corrected chi connectivity index (χ0v) is 25.9. The molecule has 1 atom stereocenters. The van der Waals surface area contributed by atoms with Gasteiger partial charge in [0.15, 0.2) is 11.5 Å². The largest absolute Gasteiger partial charge is 0.486 e. The number of rotatable bonds is 11. The molecular weight excluding hydrogens is 601 g/mol. The van der Waals surface area contributed by atoms with E-state index in [0.29, 0.717) is 40.3 Å². The number of ether oxygens (including phenoxy) is 2. The summed E-state index contributed by atoms with van der Waals surface area (Å²) in [7, 11) is -4.22. The average Bonchev–Trinajstić information content (AvgIpc) is 2.96. The van der Waals surface area contributed by atoms with E-state index in [-0.39, 0.29) is 35.5 Å². The molecule has 4 rings (SSSR count). The van der Waals surface area contributed by atoms with E-state index in [4.69, 9.17) is 32.7 Å². The second-order valence-corrected chi connectivity index (χ2v) is 12.7. The van der Waals surface area contributed by atoms with Crippen LogP contribution in [0.1, 0.15) is 32.8 Å². The number of nitrogens with zero attached hydrogens (tertiary/aromatic N) is 2. The molecule has 12 heteroatoms. The number of nitrogens with one attached hydrogen (secondary N) is 1. The van der Waals surface area contributed by atoms with Crippen molar-refractivity contribution in [2.24, 2.45) is 0 Å². The smallest absolute Gasteiger partial charge is 0.264 e. The van der Waals surface area contributed by atoms with E-state index in [1.807, 2.05) is 13.8 Å². The summed E-state index contributed by atoms with van der Waals surface area (Å²) in [5.74, 6) is -0.111.